The molecule has 0 N–H and O–H groups in total. The molecule has 23 heavy (non-hydrogen) atoms. The van der Waals surface area contributed by atoms with E-state index in [-0.39, 0.29) is 18.7 Å². The zero-order valence-corrected chi connectivity index (χ0v) is 12.9. The number of esters is 1. The minimum atomic E-state index is -0.544. The summed E-state index contributed by atoms with van der Waals surface area (Å²) in [6, 6.07) is 0. The first kappa shape index (κ1) is 14.9. The summed E-state index contributed by atoms with van der Waals surface area (Å²) in [4.78, 5) is 28.3. The van der Waals surface area contributed by atoms with Crippen molar-refractivity contribution in [1.82, 2.24) is 24.5 Å². The van der Waals surface area contributed by atoms with Gasteiger partial charge in [0.25, 0.3) is 5.56 Å². The Hall–Kier alpha value is -2.97. The molecule has 0 aromatic carbocycles. The Bertz CT molecular complexity index is 917. The molecule has 3 heterocycles. The van der Waals surface area contributed by atoms with Crippen LogP contribution in [-0.4, -0.2) is 30.5 Å². The predicted molar refractivity (Wildman–Crippen MR) is 78.5 cm³/mol. The lowest BCUT2D eigenvalue weighted by atomic mass is 10.2. The van der Waals surface area contributed by atoms with E-state index < -0.39 is 5.97 Å². The quantitative estimate of drug-likeness (QED) is 0.644. The number of carbonyl (C=O) groups is 1. The van der Waals surface area contributed by atoms with Gasteiger partial charge in [-0.1, -0.05) is 5.16 Å². The Balaban J connectivity index is 1.73. The Morgan fingerprint density at radius 2 is 2.17 bits per heavy atom. The van der Waals surface area contributed by atoms with Crippen molar-refractivity contribution in [1.29, 1.82) is 0 Å². The van der Waals surface area contributed by atoms with Crippen LogP contribution in [0.15, 0.2) is 21.8 Å². The van der Waals surface area contributed by atoms with Crippen molar-refractivity contribution in [2.24, 2.45) is 7.05 Å². The van der Waals surface area contributed by atoms with Gasteiger partial charge in [0, 0.05) is 7.05 Å². The summed E-state index contributed by atoms with van der Waals surface area (Å²) in [6.45, 7) is 3.34. The number of aromatic nitrogens is 5. The molecule has 0 fully saturated rings. The molecule has 9 heteroatoms. The highest BCUT2D eigenvalue weighted by Gasteiger charge is 2.14. The number of carbonyl (C=O) groups excluding carboxylic acids is 1. The topological polar surface area (TPSA) is 105 Å². The van der Waals surface area contributed by atoms with Gasteiger partial charge >= 0.3 is 5.97 Å². The third-order valence-electron chi connectivity index (χ3n) is 3.58. The minimum absolute atomic E-state index is 0.0529. The Labute approximate surface area is 130 Å². The summed E-state index contributed by atoms with van der Waals surface area (Å²) in [7, 11) is 1.69. The molecular formula is C14H15N5O4. The highest BCUT2D eigenvalue weighted by atomic mass is 16.5. The molecule has 0 amide bonds. The van der Waals surface area contributed by atoms with Crippen LogP contribution in [0.25, 0.3) is 11.0 Å². The van der Waals surface area contributed by atoms with Crippen LogP contribution in [0.1, 0.15) is 17.0 Å². The molecule has 0 bridgehead atoms. The first-order valence-corrected chi connectivity index (χ1v) is 6.92. The molecule has 3 rings (SSSR count). The largest absolute Gasteiger partial charge is 0.459 e. The van der Waals surface area contributed by atoms with E-state index >= 15 is 0 Å². The molecule has 9 nitrogen and oxygen atoms in total. The molecule has 0 aliphatic rings. The lowest BCUT2D eigenvalue weighted by Gasteiger charge is -2.06. The predicted octanol–water partition coefficient (Wildman–Crippen LogP) is 0.478. The van der Waals surface area contributed by atoms with Gasteiger partial charge in [-0.05, 0) is 13.8 Å². The van der Waals surface area contributed by atoms with Gasteiger partial charge in [0.15, 0.2) is 5.65 Å². The van der Waals surface area contributed by atoms with Gasteiger partial charge in [-0.15, -0.1) is 0 Å². The lowest BCUT2D eigenvalue weighted by Crippen LogP contribution is -2.25. The van der Waals surface area contributed by atoms with E-state index in [0.717, 1.165) is 5.56 Å². The second-order valence-corrected chi connectivity index (χ2v) is 5.15. The molecule has 0 atom stereocenters. The molecule has 0 aliphatic carbocycles. The van der Waals surface area contributed by atoms with Crippen LogP contribution in [0.2, 0.25) is 0 Å². The van der Waals surface area contributed by atoms with Crippen LogP contribution >= 0.6 is 0 Å². The van der Waals surface area contributed by atoms with Crippen molar-refractivity contribution in [3.63, 3.8) is 0 Å². The van der Waals surface area contributed by atoms with Crippen molar-refractivity contribution in [3.05, 3.63) is 39.9 Å². The molecule has 0 spiro atoms. The minimum Gasteiger partial charge on any atom is -0.459 e. The fraction of sp³-hybridized carbons (Fsp3) is 0.357. The molecular weight excluding hydrogens is 302 g/mol. The molecule has 120 valence electrons. The van der Waals surface area contributed by atoms with Crippen molar-refractivity contribution in [3.8, 4) is 0 Å². The van der Waals surface area contributed by atoms with Crippen LogP contribution in [0.5, 0.6) is 0 Å². The summed E-state index contributed by atoms with van der Waals surface area (Å²) in [5.41, 5.74) is 1.53. The van der Waals surface area contributed by atoms with Gasteiger partial charge in [0.05, 0.1) is 17.5 Å². The number of aryl methyl sites for hydroxylation is 3. The van der Waals surface area contributed by atoms with Gasteiger partial charge in [-0.2, -0.15) is 5.10 Å². The Kier molecular flexibility index (Phi) is 3.68. The summed E-state index contributed by atoms with van der Waals surface area (Å²) in [5, 5.41) is 8.12. The number of fused-ring (bicyclic) bond motifs is 1. The molecule has 3 aromatic rings. The van der Waals surface area contributed by atoms with Crippen molar-refractivity contribution in [2.45, 2.75) is 27.0 Å². The third-order valence-corrected chi connectivity index (χ3v) is 3.58. The lowest BCUT2D eigenvalue weighted by molar-refractivity contribution is -0.145. The van der Waals surface area contributed by atoms with Crippen LogP contribution < -0.4 is 5.56 Å². The van der Waals surface area contributed by atoms with Gasteiger partial charge in [-0.3, -0.25) is 18.8 Å². The third kappa shape index (κ3) is 2.72. The van der Waals surface area contributed by atoms with E-state index in [4.69, 9.17) is 9.26 Å². The zero-order chi connectivity index (χ0) is 16.6. The van der Waals surface area contributed by atoms with Crippen molar-refractivity contribution in [2.75, 3.05) is 0 Å². The van der Waals surface area contributed by atoms with Crippen LogP contribution in [0, 0.1) is 13.8 Å². The summed E-state index contributed by atoms with van der Waals surface area (Å²) in [6.07, 6.45) is 2.74. The van der Waals surface area contributed by atoms with E-state index in [0.29, 0.717) is 22.5 Å². The average molecular weight is 317 g/mol. The zero-order valence-electron chi connectivity index (χ0n) is 12.9. The number of nitrogens with zero attached hydrogens (tertiary/aromatic N) is 5. The maximum Gasteiger partial charge on any atom is 0.326 e. The van der Waals surface area contributed by atoms with E-state index in [1.807, 2.05) is 0 Å². The molecule has 0 radical (unpaired) electrons. The van der Waals surface area contributed by atoms with Crippen molar-refractivity contribution < 1.29 is 14.1 Å². The Morgan fingerprint density at radius 1 is 1.39 bits per heavy atom. The van der Waals surface area contributed by atoms with Crippen LogP contribution in [-0.2, 0) is 29.7 Å². The summed E-state index contributed by atoms with van der Waals surface area (Å²) < 4.78 is 12.9. The maximum atomic E-state index is 12.3. The summed E-state index contributed by atoms with van der Waals surface area (Å²) >= 11 is 0. The van der Waals surface area contributed by atoms with Crippen LogP contribution in [0.3, 0.4) is 0 Å². The highest BCUT2D eigenvalue weighted by molar-refractivity contribution is 5.74. The monoisotopic (exact) mass is 317 g/mol. The first-order valence-electron chi connectivity index (χ1n) is 6.92. The molecule has 3 aromatic heterocycles. The fourth-order valence-corrected chi connectivity index (χ4v) is 2.22. The molecule has 0 saturated heterocycles. The van der Waals surface area contributed by atoms with Gasteiger partial charge in [0.1, 0.15) is 30.6 Å². The van der Waals surface area contributed by atoms with Crippen LogP contribution in [0.4, 0.5) is 0 Å². The van der Waals surface area contributed by atoms with E-state index in [1.54, 1.807) is 20.9 Å². The Morgan fingerprint density at radius 3 is 2.87 bits per heavy atom. The molecule has 0 aliphatic heterocycles. The standard InChI is InChI=1S/C14H15N5O4/c1-8-11(9(2)23-17-8)6-22-12(20)5-19-7-15-13-10(14(19)21)4-16-18(13)3/h4,7H,5-6H2,1-3H3. The fourth-order valence-electron chi connectivity index (χ4n) is 2.22. The highest BCUT2D eigenvalue weighted by Crippen LogP contribution is 2.13. The summed E-state index contributed by atoms with van der Waals surface area (Å²) in [5.74, 6) is 0.0584. The normalized spacial score (nSPS) is 11.1. The second kappa shape index (κ2) is 5.67. The number of ether oxygens (including phenoxy) is 1. The number of hydrogen-bond acceptors (Lipinski definition) is 7. The first-order chi connectivity index (χ1) is 11.0. The van der Waals surface area contributed by atoms with Gasteiger partial charge < -0.3 is 9.26 Å². The van der Waals surface area contributed by atoms with E-state index in [9.17, 15) is 9.59 Å². The van der Waals surface area contributed by atoms with Crippen molar-refractivity contribution >= 4 is 17.0 Å². The van der Waals surface area contributed by atoms with Gasteiger partial charge in [-0.25, -0.2) is 4.98 Å². The SMILES string of the molecule is Cc1noc(C)c1COC(=O)Cn1cnc2c(cnn2C)c1=O. The molecule has 0 unspecified atom stereocenters. The second-order valence-electron chi connectivity index (χ2n) is 5.15. The average Bonchev–Trinajstić information content (AvgIpc) is 3.04. The number of hydrogen-bond donors (Lipinski definition) is 0. The number of rotatable bonds is 4. The maximum absolute atomic E-state index is 12.3. The molecule has 0 saturated carbocycles. The smallest absolute Gasteiger partial charge is 0.326 e. The van der Waals surface area contributed by atoms with E-state index in [2.05, 4.69) is 15.2 Å². The van der Waals surface area contributed by atoms with Gasteiger partial charge in [0.2, 0.25) is 0 Å². The van der Waals surface area contributed by atoms with E-state index in [1.165, 1.54) is 21.8 Å².